The van der Waals surface area contributed by atoms with Crippen molar-refractivity contribution in [2.45, 2.75) is 63.5 Å². The molecule has 3 N–H and O–H groups in total. The van der Waals surface area contributed by atoms with E-state index in [0.717, 1.165) is 44.3 Å². The molecule has 0 spiro atoms. The van der Waals surface area contributed by atoms with Gasteiger partial charge in [0.1, 0.15) is 0 Å². The highest BCUT2D eigenvalue weighted by Crippen LogP contribution is 2.46. The summed E-state index contributed by atoms with van der Waals surface area (Å²) in [5.41, 5.74) is 6.02. The van der Waals surface area contributed by atoms with Crippen molar-refractivity contribution in [3.63, 3.8) is 0 Å². The van der Waals surface area contributed by atoms with Crippen LogP contribution in [0.1, 0.15) is 52.4 Å². The normalized spacial score (nSPS) is 38.2. The largest absolute Gasteiger partial charge is 0.387 e. The minimum atomic E-state index is -0.605. The van der Waals surface area contributed by atoms with Gasteiger partial charge in [-0.25, -0.2) is 0 Å². The molecule has 1 saturated carbocycles. The van der Waals surface area contributed by atoms with Crippen LogP contribution >= 0.6 is 11.8 Å². The fourth-order valence-corrected chi connectivity index (χ4v) is 4.27. The molecule has 0 radical (unpaired) electrons. The Morgan fingerprint density at radius 1 is 1.06 bits per heavy atom. The highest BCUT2D eigenvalue weighted by Gasteiger charge is 2.50. The summed E-state index contributed by atoms with van der Waals surface area (Å²) in [6, 6.07) is 0. The third-order valence-corrected chi connectivity index (χ3v) is 5.90. The van der Waals surface area contributed by atoms with Gasteiger partial charge in [0.15, 0.2) is 0 Å². The van der Waals surface area contributed by atoms with Crippen molar-refractivity contribution in [2.24, 2.45) is 11.1 Å². The Balaban J connectivity index is 2.07. The SMILES string of the molecule is CC1(C)CCC(N)(C2(O)CCCSC2)CC1. The summed E-state index contributed by atoms with van der Waals surface area (Å²) < 4.78 is 0. The van der Waals surface area contributed by atoms with Gasteiger partial charge in [-0.05, 0) is 49.7 Å². The summed E-state index contributed by atoms with van der Waals surface area (Å²) in [4.78, 5) is 0. The molecule has 0 aromatic heterocycles. The molecular weight excluding hydrogens is 218 g/mol. The van der Waals surface area contributed by atoms with Crippen LogP contribution in [0.15, 0.2) is 0 Å². The van der Waals surface area contributed by atoms with Crippen molar-refractivity contribution in [2.75, 3.05) is 11.5 Å². The van der Waals surface area contributed by atoms with Gasteiger partial charge in [0.05, 0.1) is 5.60 Å². The van der Waals surface area contributed by atoms with Crippen molar-refractivity contribution in [3.8, 4) is 0 Å². The number of hydrogen-bond donors (Lipinski definition) is 2. The molecule has 1 atom stereocenters. The quantitative estimate of drug-likeness (QED) is 0.744. The Morgan fingerprint density at radius 3 is 2.19 bits per heavy atom. The van der Waals surface area contributed by atoms with E-state index in [2.05, 4.69) is 13.8 Å². The third-order valence-electron chi connectivity index (χ3n) is 4.64. The molecule has 0 aromatic rings. The minimum Gasteiger partial charge on any atom is -0.387 e. The van der Waals surface area contributed by atoms with Crippen molar-refractivity contribution in [1.82, 2.24) is 0 Å². The molecule has 3 heteroatoms. The predicted molar refractivity (Wildman–Crippen MR) is 70.7 cm³/mol. The minimum absolute atomic E-state index is 0.323. The summed E-state index contributed by atoms with van der Waals surface area (Å²) >= 11 is 1.86. The molecule has 0 aromatic carbocycles. The third kappa shape index (κ3) is 2.27. The standard InChI is InChI=1S/C13H25NOS/c1-11(2)5-7-12(14,8-6-11)13(15)4-3-9-16-10-13/h15H,3-10,14H2,1-2H3. The van der Waals surface area contributed by atoms with Crippen LogP contribution in [0.2, 0.25) is 0 Å². The van der Waals surface area contributed by atoms with E-state index in [4.69, 9.17) is 5.73 Å². The average Bonchev–Trinajstić information content (AvgIpc) is 2.24. The lowest BCUT2D eigenvalue weighted by Gasteiger charge is -2.51. The van der Waals surface area contributed by atoms with E-state index >= 15 is 0 Å². The number of nitrogens with two attached hydrogens (primary N) is 1. The second kappa shape index (κ2) is 4.18. The van der Waals surface area contributed by atoms with Crippen molar-refractivity contribution in [3.05, 3.63) is 0 Å². The van der Waals surface area contributed by atoms with Gasteiger partial charge in [0.25, 0.3) is 0 Å². The molecule has 1 aliphatic heterocycles. The molecule has 2 nitrogen and oxygen atoms in total. The Kier molecular flexibility index (Phi) is 3.32. The second-order valence-corrected chi connectivity index (χ2v) is 7.61. The number of hydrogen-bond acceptors (Lipinski definition) is 3. The molecule has 0 amide bonds. The van der Waals surface area contributed by atoms with E-state index in [0.29, 0.717) is 5.41 Å². The molecule has 0 bridgehead atoms. The molecule has 1 aliphatic carbocycles. The monoisotopic (exact) mass is 243 g/mol. The van der Waals surface area contributed by atoms with Gasteiger partial charge in [-0.3, -0.25) is 0 Å². The smallest absolute Gasteiger partial charge is 0.0916 e. The van der Waals surface area contributed by atoms with Crippen molar-refractivity contribution < 1.29 is 5.11 Å². The van der Waals surface area contributed by atoms with Gasteiger partial charge in [0, 0.05) is 11.3 Å². The number of thioether (sulfide) groups is 1. The summed E-state index contributed by atoms with van der Waals surface area (Å²) in [7, 11) is 0. The lowest BCUT2D eigenvalue weighted by molar-refractivity contribution is -0.0539. The van der Waals surface area contributed by atoms with Crippen LogP contribution in [0.25, 0.3) is 0 Å². The molecule has 1 heterocycles. The van der Waals surface area contributed by atoms with Gasteiger partial charge < -0.3 is 10.8 Å². The fourth-order valence-electron chi connectivity index (χ4n) is 3.01. The van der Waals surface area contributed by atoms with Gasteiger partial charge in [0.2, 0.25) is 0 Å². The molecule has 2 rings (SSSR count). The van der Waals surface area contributed by atoms with Crippen molar-refractivity contribution in [1.29, 1.82) is 0 Å². The molecule has 1 saturated heterocycles. The van der Waals surface area contributed by atoms with Crippen LogP contribution in [0, 0.1) is 5.41 Å². The fraction of sp³-hybridized carbons (Fsp3) is 1.00. The Morgan fingerprint density at radius 2 is 1.69 bits per heavy atom. The van der Waals surface area contributed by atoms with E-state index in [1.807, 2.05) is 11.8 Å². The first-order valence-electron chi connectivity index (χ1n) is 6.46. The van der Waals surface area contributed by atoms with E-state index < -0.39 is 5.60 Å². The van der Waals surface area contributed by atoms with Gasteiger partial charge in [-0.2, -0.15) is 11.8 Å². The summed E-state index contributed by atoms with van der Waals surface area (Å²) in [5.74, 6) is 2.02. The highest BCUT2D eigenvalue weighted by atomic mass is 32.2. The maximum Gasteiger partial charge on any atom is 0.0916 e. The predicted octanol–water partition coefficient (Wildman–Crippen LogP) is 2.54. The number of aliphatic hydroxyl groups is 1. The molecule has 16 heavy (non-hydrogen) atoms. The average molecular weight is 243 g/mol. The molecule has 1 unspecified atom stereocenters. The van der Waals surface area contributed by atoms with E-state index in [1.54, 1.807) is 0 Å². The van der Waals surface area contributed by atoms with Crippen LogP contribution in [0.4, 0.5) is 0 Å². The van der Waals surface area contributed by atoms with Crippen LogP contribution < -0.4 is 5.73 Å². The first kappa shape index (κ1) is 12.7. The Hall–Kier alpha value is 0.270. The first-order valence-corrected chi connectivity index (χ1v) is 7.62. The molecular formula is C13H25NOS. The van der Waals surface area contributed by atoms with Gasteiger partial charge in [-0.15, -0.1) is 0 Å². The van der Waals surface area contributed by atoms with Crippen molar-refractivity contribution >= 4 is 11.8 Å². The summed E-state index contributed by atoms with van der Waals surface area (Å²) in [6.07, 6.45) is 6.28. The highest BCUT2D eigenvalue weighted by molar-refractivity contribution is 7.99. The Bertz CT molecular complexity index is 249. The first-order chi connectivity index (χ1) is 7.37. The summed E-state index contributed by atoms with van der Waals surface area (Å²) in [6.45, 7) is 4.62. The topological polar surface area (TPSA) is 46.2 Å². The van der Waals surface area contributed by atoms with Crippen LogP contribution in [0.3, 0.4) is 0 Å². The molecule has 94 valence electrons. The second-order valence-electron chi connectivity index (χ2n) is 6.51. The maximum atomic E-state index is 10.8. The van der Waals surface area contributed by atoms with Crippen LogP contribution in [-0.2, 0) is 0 Å². The van der Waals surface area contributed by atoms with Gasteiger partial charge in [-0.1, -0.05) is 13.8 Å². The zero-order chi connectivity index (χ0) is 11.9. The lowest BCUT2D eigenvalue weighted by Crippen LogP contribution is -2.64. The van der Waals surface area contributed by atoms with Crippen LogP contribution in [0.5, 0.6) is 0 Å². The summed E-state index contributed by atoms with van der Waals surface area (Å²) in [5, 5.41) is 10.8. The van der Waals surface area contributed by atoms with E-state index in [-0.39, 0.29) is 5.54 Å². The van der Waals surface area contributed by atoms with E-state index in [9.17, 15) is 5.11 Å². The maximum absolute atomic E-state index is 10.8. The molecule has 2 fully saturated rings. The van der Waals surface area contributed by atoms with Crippen LogP contribution in [-0.4, -0.2) is 27.8 Å². The molecule has 2 aliphatic rings. The van der Waals surface area contributed by atoms with E-state index in [1.165, 1.54) is 5.75 Å². The van der Waals surface area contributed by atoms with Gasteiger partial charge >= 0.3 is 0 Å². The zero-order valence-corrected chi connectivity index (χ0v) is 11.4. The lowest BCUT2D eigenvalue weighted by atomic mass is 9.63. The zero-order valence-electron chi connectivity index (χ0n) is 10.6. The Labute approximate surface area is 103 Å². The number of rotatable bonds is 1.